The molecule has 1 heterocycles. The SMILES string of the molecule is CCCCCCCCCC/C=C\CCCCCCCCCCCC(=O)OC(COCCCCCCCCCCCCCCCCCCCCC)COC1OC(CO)C(O)C(O)C1O. The van der Waals surface area contributed by atoms with Crippen LogP contribution in [0.15, 0.2) is 12.2 Å². The Bertz CT molecular complexity index is 977. The predicted octanol–water partition coefficient (Wildman–Crippen LogP) is 13.5. The van der Waals surface area contributed by atoms with Gasteiger partial charge in [0.1, 0.15) is 30.5 Å². The maximum atomic E-state index is 12.9. The van der Waals surface area contributed by atoms with Gasteiger partial charge >= 0.3 is 5.97 Å². The maximum absolute atomic E-state index is 12.9. The highest BCUT2D eigenvalue weighted by Gasteiger charge is 2.44. The third-order valence-electron chi connectivity index (χ3n) is 12.9. The summed E-state index contributed by atoms with van der Waals surface area (Å²) in [4.78, 5) is 12.9. The van der Waals surface area contributed by atoms with E-state index in [0.29, 0.717) is 13.0 Å². The number of allylic oxidation sites excluding steroid dienone is 2. The molecule has 0 spiro atoms. The zero-order valence-electron chi connectivity index (χ0n) is 41.4. The number of rotatable bonds is 48. The summed E-state index contributed by atoms with van der Waals surface area (Å²) in [6, 6.07) is 0. The molecule has 0 aromatic heterocycles. The molecule has 6 atom stereocenters. The summed E-state index contributed by atoms with van der Waals surface area (Å²) >= 11 is 0. The first-order valence-electron chi connectivity index (χ1n) is 27.3. The third kappa shape index (κ3) is 36.7. The molecular weight excluding hydrogens is 793 g/mol. The van der Waals surface area contributed by atoms with Crippen molar-refractivity contribution in [2.24, 2.45) is 0 Å². The third-order valence-corrected chi connectivity index (χ3v) is 12.9. The van der Waals surface area contributed by atoms with E-state index in [9.17, 15) is 25.2 Å². The molecule has 0 aromatic carbocycles. The lowest BCUT2D eigenvalue weighted by Crippen LogP contribution is -2.59. The molecule has 9 heteroatoms. The van der Waals surface area contributed by atoms with Gasteiger partial charge in [0.15, 0.2) is 6.29 Å². The van der Waals surface area contributed by atoms with Crippen molar-refractivity contribution in [2.45, 2.75) is 301 Å². The lowest BCUT2D eigenvalue weighted by Gasteiger charge is -2.39. The highest BCUT2D eigenvalue weighted by atomic mass is 16.7. The van der Waals surface area contributed by atoms with Crippen LogP contribution in [0.3, 0.4) is 0 Å². The van der Waals surface area contributed by atoms with E-state index in [-0.39, 0.29) is 19.2 Å². The second-order valence-electron chi connectivity index (χ2n) is 19.0. The molecule has 1 aliphatic rings. The Hall–Kier alpha value is -1.07. The van der Waals surface area contributed by atoms with Crippen molar-refractivity contribution in [1.82, 2.24) is 0 Å². The summed E-state index contributed by atoms with van der Waals surface area (Å²) in [5.41, 5.74) is 0. The second kappa shape index (κ2) is 46.1. The van der Waals surface area contributed by atoms with Gasteiger partial charge in [-0.3, -0.25) is 4.79 Å². The van der Waals surface area contributed by atoms with E-state index in [4.69, 9.17) is 18.9 Å². The van der Waals surface area contributed by atoms with Gasteiger partial charge in [0.2, 0.25) is 0 Å². The predicted molar refractivity (Wildman–Crippen MR) is 261 cm³/mol. The number of carbonyl (C=O) groups excluding carboxylic acids is 1. The molecule has 0 saturated carbocycles. The monoisotopic (exact) mass is 897 g/mol. The fraction of sp³-hybridized carbons (Fsp3) is 0.944. The van der Waals surface area contributed by atoms with Gasteiger partial charge in [-0.15, -0.1) is 0 Å². The van der Waals surface area contributed by atoms with Crippen LogP contribution in [-0.2, 0) is 23.7 Å². The molecule has 0 aliphatic carbocycles. The van der Waals surface area contributed by atoms with Gasteiger partial charge in [0, 0.05) is 13.0 Å². The van der Waals surface area contributed by atoms with Crippen molar-refractivity contribution >= 4 is 5.97 Å². The summed E-state index contributed by atoms with van der Waals surface area (Å²) in [6.07, 6.45) is 46.8. The summed E-state index contributed by atoms with van der Waals surface area (Å²) < 4.78 is 22.9. The Morgan fingerprint density at radius 1 is 0.492 bits per heavy atom. The first kappa shape index (κ1) is 59.9. The Labute approximate surface area is 388 Å². The molecular formula is C54H104O9. The van der Waals surface area contributed by atoms with Gasteiger partial charge in [-0.05, 0) is 38.5 Å². The number of esters is 1. The highest BCUT2D eigenvalue weighted by Crippen LogP contribution is 2.23. The first-order chi connectivity index (χ1) is 30.9. The highest BCUT2D eigenvalue weighted by molar-refractivity contribution is 5.69. The fourth-order valence-electron chi connectivity index (χ4n) is 8.67. The summed E-state index contributed by atoms with van der Waals surface area (Å²) in [6.45, 7) is 4.62. The Kier molecular flexibility index (Phi) is 43.8. The molecule has 1 fully saturated rings. The van der Waals surface area contributed by atoms with Crippen LogP contribution < -0.4 is 0 Å². The molecule has 0 aromatic rings. The molecule has 1 saturated heterocycles. The minimum absolute atomic E-state index is 0.108. The summed E-state index contributed by atoms with van der Waals surface area (Å²) in [5.74, 6) is -0.309. The normalized spacial score (nSPS) is 19.6. The van der Waals surface area contributed by atoms with Crippen LogP contribution in [-0.4, -0.2) is 89.6 Å². The number of aliphatic hydroxyl groups is 4. The van der Waals surface area contributed by atoms with Gasteiger partial charge in [-0.25, -0.2) is 0 Å². The van der Waals surface area contributed by atoms with Crippen LogP contribution in [0, 0.1) is 0 Å². The fourth-order valence-corrected chi connectivity index (χ4v) is 8.67. The van der Waals surface area contributed by atoms with E-state index in [0.717, 1.165) is 32.1 Å². The van der Waals surface area contributed by atoms with Gasteiger partial charge < -0.3 is 39.4 Å². The molecule has 9 nitrogen and oxygen atoms in total. The van der Waals surface area contributed by atoms with Gasteiger partial charge in [0.05, 0.1) is 19.8 Å². The van der Waals surface area contributed by atoms with E-state index in [2.05, 4.69) is 26.0 Å². The Morgan fingerprint density at radius 2 is 0.873 bits per heavy atom. The first-order valence-corrected chi connectivity index (χ1v) is 27.3. The number of unbranched alkanes of at least 4 members (excludes halogenated alkanes) is 35. The van der Waals surface area contributed by atoms with Crippen molar-refractivity contribution in [3.8, 4) is 0 Å². The minimum atomic E-state index is -1.53. The van der Waals surface area contributed by atoms with Crippen molar-refractivity contribution in [2.75, 3.05) is 26.4 Å². The maximum Gasteiger partial charge on any atom is 0.306 e. The number of hydrogen-bond donors (Lipinski definition) is 4. The quantitative estimate of drug-likeness (QED) is 0.0267. The van der Waals surface area contributed by atoms with Crippen LogP contribution in [0.1, 0.15) is 264 Å². The zero-order valence-corrected chi connectivity index (χ0v) is 41.4. The molecule has 0 radical (unpaired) electrons. The number of aliphatic hydroxyl groups excluding tert-OH is 4. The van der Waals surface area contributed by atoms with Crippen molar-refractivity contribution in [3.63, 3.8) is 0 Å². The molecule has 0 bridgehead atoms. The second-order valence-corrected chi connectivity index (χ2v) is 19.0. The zero-order chi connectivity index (χ0) is 45.7. The van der Waals surface area contributed by atoms with Crippen molar-refractivity contribution in [3.05, 3.63) is 12.2 Å². The Balaban J connectivity index is 2.17. The van der Waals surface area contributed by atoms with Crippen LogP contribution in [0.4, 0.5) is 0 Å². The molecule has 63 heavy (non-hydrogen) atoms. The smallest absolute Gasteiger partial charge is 0.306 e. The van der Waals surface area contributed by atoms with Crippen molar-refractivity contribution in [1.29, 1.82) is 0 Å². The summed E-state index contributed by atoms with van der Waals surface area (Å²) in [5, 5.41) is 40.3. The topological polar surface area (TPSA) is 135 Å². The van der Waals surface area contributed by atoms with Crippen LogP contribution in [0.5, 0.6) is 0 Å². The minimum Gasteiger partial charge on any atom is -0.457 e. The Morgan fingerprint density at radius 3 is 1.29 bits per heavy atom. The van der Waals surface area contributed by atoms with E-state index in [1.165, 1.54) is 212 Å². The lowest BCUT2D eigenvalue weighted by molar-refractivity contribution is -0.305. The molecule has 6 unspecified atom stereocenters. The largest absolute Gasteiger partial charge is 0.457 e. The number of hydrogen-bond acceptors (Lipinski definition) is 9. The molecule has 4 N–H and O–H groups in total. The van der Waals surface area contributed by atoms with Gasteiger partial charge in [-0.2, -0.15) is 0 Å². The number of ether oxygens (including phenoxy) is 4. The molecule has 1 aliphatic heterocycles. The molecule has 0 amide bonds. The van der Waals surface area contributed by atoms with Crippen LogP contribution in [0.25, 0.3) is 0 Å². The van der Waals surface area contributed by atoms with Gasteiger partial charge in [-0.1, -0.05) is 231 Å². The number of carbonyl (C=O) groups is 1. The van der Waals surface area contributed by atoms with E-state index < -0.39 is 43.4 Å². The van der Waals surface area contributed by atoms with Gasteiger partial charge in [0.25, 0.3) is 0 Å². The molecule has 374 valence electrons. The van der Waals surface area contributed by atoms with E-state index >= 15 is 0 Å². The lowest BCUT2D eigenvalue weighted by atomic mass is 9.99. The molecule has 1 rings (SSSR count). The van der Waals surface area contributed by atoms with Crippen LogP contribution >= 0.6 is 0 Å². The summed E-state index contributed by atoms with van der Waals surface area (Å²) in [7, 11) is 0. The van der Waals surface area contributed by atoms with Crippen molar-refractivity contribution < 1.29 is 44.2 Å². The van der Waals surface area contributed by atoms with E-state index in [1.807, 2.05) is 0 Å². The van der Waals surface area contributed by atoms with Crippen LogP contribution in [0.2, 0.25) is 0 Å². The average molecular weight is 897 g/mol. The average Bonchev–Trinajstić information content (AvgIpc) is 3.28. The standard InChI is InChI=1S/C54H104O9/c1-3-5-7-9-11-13-15-17-19-21-23-24-25-27-29-31-33-35-37-39-41-43-50(56)62-48(47-61-54-53(59)52(58)51(57)49(45-55)63-54)46-60-44-42-40-38-36-34-32-30-28-26-22-20-18-16-14-12-10-8-6-4-2/h21,23,48-49,51-55,57-59H,3-20,22,24-47H2,1-2H3/b23-21-. The van der Waals surface area contributed by atoms with E-state index in [1.54, 1.807) is 0 Å².